The van der Waals surface area contributed by atoms with Crippen molar-refractivity contribution in [1.82, 2.24) is 9.13 Å². The molecule has 0 atom stereocenters. The molecule has 5 nitrogen and oxygen atoms in total. The van der Waals surface area contributed by atoms with Gasteiger partial charge in [0.1, 0.15) is 5.82 Å². The summed E-state index contributed by atoms with van der Waals surface area (Å²) in [6, 6.07) is 4.50. The quantitative estimate of drug-likeness (QED) is 0.922. The van der Waals surface area contributed by atoms with E-state index in [9.17, 15) is 14.0 Å². The molecule has 0 aliphatic heterocycles. The molecular weight excluding hydrogens is 329 g/mol. The van der Waals surface area contributed by atoms with Crippen LogP contribution < -0.4 is 16.6 Å². The zero-order valence-corrected chi connectivity index (χ0v) is 12.6. The van der Waals surface area contributed by atoms with Gasteiger partial charge in [-0.05, 0) is 18.2 Å². The van der Waals surface area contributed by atoms with Crippen LogP contribution in [0, 0.1) is 5.82 Å². The van der Waals surface area contributed by atoms with E-state index in [2.05, 4.69) is 21.2 Å². The van der Waals surface area contributed by atoms with Crippen LogP contribution in [-0.4, -0.2) is 9.13 Å². The van der Waals surface area contributed by atoms with E-state index in [0.29, 0.717) is 5.56 Å². The van der Waals surface area contributed by atoms with Gasteiger partial charge in [-0.15, -0.1) is 0 Å². The fourth-order valence-electron chi connectivity index (χ4n) is 1.83. The maximum Gasteiger partial charge on any atom is 0.330 e. The van der Waals surface area contributed by atoms with Crippen LogP contribution in [0.5, 0.6) is 0 Å². The summed E-state index contributed by atoms with van der Waals surface area (Å²) in [5, 5.41) is 2.85. The molecule has 0 amide bonds. The minimum absolute atomic E-state index is 0.133. The van der Waals surface area contributed by atoms with Crippen LogP contribution in [0.4, 0.5) is 10.1 Å². The largest absolute Gasteiger partial charge is 0.378 e. The first-order chi connectivity index (χ1) is 9.40. The monoisotopic (exact) mass is 341 g/mol. The molecule has 1 aromatic carbocycles. The van der Waals surface area contributed by atoms with Crippen molar-refractivity contribution in [2.45, 2.75) is 6.54 Å². The summed E-state index contributed by atoms with van der Waals surface area (Å²) >= 11 is 3.25. The summed E-state index contributed by atoms with van der Waals surface area (Å²) in [5.41, 5.74) is -0.118. The first-order valence-corrected chi connectivity index (χ1v) is 6.64. The van der Waals surface area contributed by atoms with E-state index < -0.39 is 17.1 Å². The molecule has 2 aromatic rings. The summed E-state index contributed by atoms with van der Waals surface area (Å²) in [4.78, 5) is 23.5. The van der Waals surface area contributed by atoms with Crippen molar-refractivity contribution in [3.63, 3.8) is 0 Å². The highest BCUT2D eigenvalue weighted by Gasteiger charge is 2.08. The van der Waals surface area contributed by atoms with E-state index in [1.54, 1.807) is 19.2 Å². The third kappa shape index (κ3) is 2.82. The molecular formula is C13H13BrFN3O2. The molecule has 20 heavy (non-hydrogen) atoms. The standard InChI is InChI=1S/C13H13BrFN3O2/c1-17-7-8(12(19)18(2)13(17)20)6-16-11-5-9(14)3-4-10(11)15/h3-5,7,16H,6H2,1-2H3. The lowest BCUT2D eigenvalue weighted by atomic mass is 10.2. The first kappa shape index (κ1) is 14.5. The minimum atomic E-state index is -0.408. The fraction of sp³-hybridized carbons (Fsp3) is 0.231. The zero-order valence-electron chi connectivity index (χ0n) is 11.0. The molecule has 0 aliphatic rings. The van der Waals surface area contributed by atoms with Crippen LogP contribution in [0.15, 0.2) is 38.5 Å². The number of nitrogens with one attached hydrogen (secondary N) is 1. The molecule has 0 saturated carbocycles. The smallest absolute Gasteiger partial charge is 0.330 e. The molecule has 0 unspecified atom stereocenters. The van der Waals surface area contributed by atoms with Crippen molar-refractivity contribution in [2.75, 3.05) is 5.32 Å². The summed E-state index contributed by atoms with van der Waals surface area (Å²) in [5.74, 6) is -0.408. The molecule has 1 aromatic heterocycles. The Morgan fingerprint density at radius 3 is 2.70 bits per heavy atom. The zero-order chi connectivity index (χ0) is 14.9. The van der Waals surface area contributed by atoms with Gasteiger partial charge >= 0.3 is 5.69 Å². The Hall–Kier alpha value is -1.89. The molecule has 0 bridgehead atoms. The van der Waals surface area contributed by atoms with Crippen LogP contribution in [0.3, 0.4) is 0 Å². The predicted molar refractivity (Wildman–Crippen MR) is 78.4 cm³/mol. The Labute approximate surface area is 122 Å². The minimum Gasteiger partial charge on any atom is -0.378 e. The van der Waals surface area contributed by atoms with Gasteiger partial charge in [-0.1, -0.05) is 15.9 Å². The number of aryl methyl sites for hydroxylation is 1. The van der Waals surface area contributed by atoms with Crippen LogP contribution >= 0.6 is 15.9 Å². The molecule has 106 valence electrons. The maximum atomic E-state index is 13.6. The van der Waals surface area contributed by atoms with E-state index in [4.69, 9.17) is 0 Å². The molecule has 1 N–H and O–H groups in total. The number of aromatic nitrogens is 2. The lowest BCUT2D eigenvalue weighted by Gasteiger charge is -2.10. The number of benzene rings is 1. The normalized spacial score (nSPS) is 10.6. The molecule has 0 spiro atoms. The number of halogens is 2. The van der Waals surface area contributed by atoms with E-state index in [1.165, 1.54) is 23.9 Å². The maximum absolute atomic E-state index is 13.6. The second-order valence-corrected chi connectivity index (χ2v) is 5.31. The van der Waals surface area contributed by atoms with Crippen LogP contribution in [0.2, 0.25) is 0 Å². The van der Waals surface area contributed by atoms with Crippen molar-refractivity contribution in [2.24, 2.45) is 14.1 Å². The number of anilines is 1. The Balaban J connectivity index is 2.30. The Morgan fingerprint density at radius 1 is 1.30 bits per heavy atom. The summed E-state index contributed by atoms with van der Waals surface area (Å²) in [6.45, 7) is 0.133. The van der Waals surface area contributed by atoms with Crippen LogP contribution in [0.1, 0.15) is 5.56 Å². The third-order valence-corrected chi connectivity index (χ3v) is 3.41. The second-order valence-electron chi connectivity index (χ2n) is 4.39. The van der Waals surface area contributed by atoms with E-state index in [1.807, 2.05) is 0 Å². The SMILES string of the molecule is Cn1cc(CNc2cc(Br)ccc2F)c(=O)n(C)c1=O. The number of hydrogen-bond donors (Lipinski definition) is 1. The van der Waals surface area contributed by atoms with Gasteiger partial charge in [0.2, 0.25) is 0 Å². The second kappa shape index (κ2) is 5.62. The Kier molecular flexibility index (Phi) is 4.08. The molecule has 2 rings (SSSR count). The average Bonchev–Trinajstić information content (AvgIpc) is 2.42. The highest BCUT2D eigenvalue weighted by Crippen LogP contribution is 2.20. The lowest BCUT2D eigenvalue weighted by molar-refractivity contribution is 0.629. The van der Waals surface area contributed by atoms with Gasteiger partial charge in [-0.3, -0.25) is 9.36 Å². The lowest BCUT2D eigenvalue weighted by Crippen LogP contribution is -2.38. The number of nitrogens with zero attached hydrogens (tertiary/aromatic N) is 2. The molecule has 0 fully saturated rings. The molecule has 0 saturated heterocycles. The highest BCUT2D eigenvalue weighted by molar-refractivity contribution is 9.10. The van der Waals surface area contributed by atoms with Crippen LogP contribution in [0.25, 0.3) is 0 Å². The van der Waals surface area contributed by atoms with Gasteiger partial charge in [0.25, 0.3) is 5.56 Å². The topological polar surface area (TPSA) is 56.0 Å². The van der Waals surface area contributed by atoms with Gasteiger partial charge < -0.3 is 9.88 Å². The van der Waals surface area contributed by atoms with Crippen molar-refractivity contribution in [3.05, 3.63) is 61.1 Å². The van der Waals surface area contributed by atoms with Crippen LogP contribution in [-0.2, 0) is 20.6 Å². The van der Waals surface area contributed by atoms with Gasteiger partial charge in [-0.25, -0.2) is 9.18 Å². The van der Waals surface area contributed by atoms with Crippen molar-refractivity contribution in [1.29, 1.82) is 0 Å². The van der Waals surface area contributed by atoms with E-state index >= 15 is 0 Å². The van der Waals surface area contributed by atoms with Gasteiger partial charge in [0.15, 0.2) is 0 Å². The summed E-state index contributed by atoms with van der Waals surface area (Å²) < 4.78 is 16.6. The van der Waals surface area contributed by atoms with Crippen molar-refractivity contribution >= 4 is 21.6 Å². The Bertz CT molecular complexity index is 767. The predicted octanol–water partition coefficient (Wildman–Crippen LogP) is 1.60. The number of hydrogen-bond acceptors (Lipinski definition) is 3. The molecule has 1 heterocycles. The molecule has 0 radical (unpaired) electrons. The van der Waals surface area contributed by atoms with E-state index in [-0.39, 0.29) is 12.2 Å². The Morgan fingerprint density at radius 2 is 2.00 bits per heavy atom. The summed E-state index contributed by atoms with van der Waals surface area (Å²) in [7, 11) is 2.97. The highest BCUT2D eigenvalue weighted by atomic mass is 79.9. The third-order valence-electron chi connectivity index (χ3n) is 2.92. The fourth-order valence-corrected chi connectivity index (χ4v) is 2.19. The van der Waals surface area contributed by atoms with Crippen molar-refractivity contribution in [3.8, 4) is 0 Å². The molecule has 0 aliphatic carbocycles. The van der Waals surface area contributed by atoms with Crippen molar-refractivity contribution < 1.29 is 4.39 Å². The van der Waals surface area contributed by atoms with Gasteiger partial charge in [0.05, 0.1) is 11.3 Å². The average molecular weight is 342 g/mol. The number of rotatable bonds is 3. The molecule has 7 heteroatoms. The van der Waals surface area contributed by atoms with Gasteiger partial charge in [-0.2, -0.15) is 0 Å². The first-order valence-electron chi connectivity index (χ1n) is 5.84. The summed E-state index contributed by atoms with van der Waals surface area (Å²) in [6.07, 6.45) is 1.45. The van der Waals surface area contributed by atoms with Gasteiger partial charge in [0, 0.05) is 31.3 Å². The van der Waals surface area contributed by atoms with E-state index in [0.717, 1.165) is 9.04 Å².